The largest absolute Gasteiger partial charge is 0.326 e. The lowest BCUT2D eigenvalue weighted by Crippen LogP contribution is -2.23. The van der Waals surface area contributed by atoms with Gasteiger partial charge >= 0.3 is 0 Å². The van der Waals surface area contributed by atoms with Crippen molar-refractivity contribution in [2.24, 2.45) is 4.99 Å². The molecule has 0 fully saturated rings. The van der Waals surface area contributed by atoms with Crippen molar-refractivity contribution in [3.63, 3.8) is 0 Å². The fourth-order valence-corrected chi connectivity index (χ4v) is 5.22. The van der Waals surface area contributed by atoms with Crippen LogP contribution in [0.25, 0.3) is 11.1 Å². The summed E-state index contributed by atoms with van der Waals surface area (Å²) < 4.78 is 26.7. The second kappa shape index (κ2) is 7.11. The van der Waals surface area contributed by atoms with Crippen molar-refractivity contribution < 1.29 is 13.2 Å². The summed E-state index contributed by atoms with van der Waals surface area (Å²) >= 11 is 0. The lowest BCUT2D eigenvalue weighted by Gasteiger charge is -2.07. The Labute approximate surface area is 174 Å². The van der Waals surface area contributed by atoms with Crippen molar-refractivity contribution in [2.45, 2.75) is 17.7 Å². The zero-order valence-corrected chi connectivity index (χ0v) is 16.9. The van der Waals surface area contributed by atoms with E-state index >= 15 is 0 Å². The molecule has 0 atom stereocenters. The minimum Gasteiger partial charge on any atom is -0.326 e. The molecule has 30 heavy (non-hydrogen) atoms. The van der Waals surface area contributed by atoms with Crippen molar-refractivity contribution in [3.8, 4) is 11.1 Å². The fraction of sp³-hybridized carbons (Fsp3) is 0.130. The molecule has 0 spiro atoms. The Balaban J connectivity index is 1.24. The number of carbonyl (C=O) groups is 1. The highest BCUT2D eigenvalue weighted by molar-refractivity contribution is 7.90. The Morgan fingerprint density at radius 2 is 1.67 bits per heavy atom. The van der Waals surface area contributed by atoms with Crippen molar-refractivity contribution in [2.75, 3.05) is 11.9 Å². The molecule has 3 aromatic carbocycles. The number of amides is 1. The van der Waals surface area contributed by atoms with Crippen LogP contribution >= 0.6 is 0 Å². The number of fused-ring (bicyclic) bond motifs is 4. The average Bonchev–Trinajstić information content (AvgIpc) is 3.22. The summed E-state index contributed by atoms with van der Waals surface area (Å²) in [6.45, 7) is 0.189. The normalized spacial score (nSPS) is 16.5. The van der Waals surface area contributed by atoms with E-state index in [4.69, 9.17) is 0 Å². The fourth-order valence-electron chi connectivity index (χ4n) is 3.97. The Morgan fingerprint density at radius 1 is 0.933 bits per heavy atom. The second-order valence-corrected chi connectivity index (χ2v) is 8.99. The third-order valence-electron chi connectivity index (χ3n) is 5.35. The molecule has 7 heteroatoms. The molecule has 2 aliphatic rings. The number of nitrogens with one attached hydrogen (secondary N) is 2. The van der Waals surface area contributed by atoms with E-state index in [9.17, 15) is 13.2 Å². The molecule has 0 unspecified atom stereocenters. The van der Waals surface area contributed by atoms with Gasteiger partial charge in [0.2, 0.25) is 5.91 Å². The predicted molar refractivity (Wildman–Crippen MR) is 116 cm³/mol. The van der Waals surface area contributed by atoms with Gasteiger partial charge in [0, 0.05) is 17.7 Å². The quantitative estimate of drug-likeness (QED) is 0.534. The van der Waals surface area contributed by atoms with E-state index in [-0.39, 0.29) is 29.6 Å². The summed E-state index contributed by atoms with van der Waals surface area (Å²) in [5.74, 6) is 0.123. The van der Waals surface area contributed by atoms with Crippen LogP contribution in [0.15, 0.2) is 76.6 Å². The molecule has 150 valence electrons. The predicted octanol–water partition coefficient (Wildman–Crippen LogP) is 3.33. The van der Waals surface area contributed by atoms with Crippen LogP contribution in [-0.4, -0.2) is 26.7 Å². The lowest BCUT2D eigenvalue weighted by atomic mass is 10.1. The third-order valence-corrected chi connectivity index (χ3v) is 6.75. The van der Waals surface area contributed by atoms with E-state index in [0.717, 1.165) is 12.1 Å². The molecule has 6 nitrogen and oxygen atoms in total. The number of anilines is 1. The summed E-state index contributed by atoms with van der Waals surface area (Å²) in [5.41, 5.74) is 6.25. The maximum atomic E-state index is 12.4. The molecule has 0 saturated heterocycles. The molecule has 1 amide bonds. The highest BCUT2D eigenvalue weighted by atomic mass is 32.2. The minimum atomic E-state index is -3.56. The molecule has 0 saturated carbocycles. The van der Waals surface area contributed by atoms with Crippen LogP contribution in [0, 0.1) is 0 Å². The monoisotopic (exact) mass is 417 g/mol. The molecule has 3 aromatic rings. The van der Waals surface area contributed by atoms with Gasteiger partial charge in [0.1, 0.15) is 5.84 Å². The van der Waals surface area contributed by atoms with Crippen molar-refractivity contribution >= 4 is 27.5 Å². The van der Waals surface area contributed by atoms with Crippen LogP contribution in [-0.2, 0) is 21.2 Å². The highest BCUT2D eigenvalue weighted by Crippen LogP contribution is 2.37. The van der Waals surface area contributed by atoms with Gasteiger partial charge in [-0.1, -0.05) is 42.5 Å². The van der Waals surface area contributed by atoms with Gasteiger partial charge in [0.25, 0.3) is 10.0 Å². The van der Waals surface area contributed by atoms with Crippen LogP contribution < -0.4 is 10.0 Å². The van der Waals surface area contributed by atoms with E-state index in [1.807, 2.05) is 30.3 Å². The lowest BCUT2D eigenvalue weighted by molar-refractivity contribution is -0.116. The van der Waals surface area contributed by atoms with Crippen LogP contribution in [0.1, 0.15) is 23.1 Å². The van der Waals surface area contributed by atoms with Gasteiger partial charge in [-0.3, -0.25) is 14.5 Å². The van der Waals surface area contributed by atoms with Gasteiger partial charge in [0.05, 0.1) is 11.4 Å². The molecule has 1 heterocycles. The number of nitrogens with zero attached hydrogens (tertiary/aromatic N) is 1. The van der Waals surface area contributed by atoms with Crippen molar-refractivity contribution in [1.82, 2.24) is 4.72 Å². The number of benzene rings is 3. The van der Waals surface area contributed by atoms with E-state index < -0.39 is 10.0 Å². The molecule has 2 N–H and O–H groups in total. The van der Waals surface area contributed by atoms with E-state index in [1.54, 1.807) is 24.3 Å². The Bertz CT molecular complexity index is 1310. The van der Waals surface area contributed by atoms with Crippen LogP contribution in [0.4, 0.5) is 5.69 Å². The molecule has 0 bridgehead atoms. The number of amidine groups is 1. The van der Waals surface area contributed by atoms with Crippen molar-refractivity contribution in [1.29, 1.82) is 0 Å². The number of carbonyl (C=O) groups excluding carboxylic acids is 1. The van der Waals surface area contributed by atoms with Crippen LogP contribution in [0.2, 0.25) is 0 Å². The van der Waals surface area contributed by atoms with Gasteiger partial charge in [-0.2, -0.15) is 0 Å². The zero-order valence-electron chi connectivity index (χ0n) is 16.1. The third kappa shape index (κ3) is 3.27. The molecule has 1 aliphatic heterocycles. The number of sulfonamides is 1. The zero-order chi connectivity index (χ0) is 20.7. The minimum absolute atomic E-state index is 0.157. The van der Waals surface area contributed by atoms with Gasteiger partial charge in [-0.15, -0.1) is 0 Å². The first-order chi connectivity index (χ1) is 14.5. The van der Waals surface area contributed by atoms with E-state index in [1.165, 1.54) is 22.3 Å². The summed E-state index contributed by atoms with van der Waals surface area (Å²) in [5, 5.41) is 2.91. The van der Waals surface area contributed by atoms with E-state index in [2.05, 4.69) is 27.2 Å². The maximum absolute atomic E-state index is 12.4. The molecule has 0 aromatic heterocycles. The first-order valence-corrected chi connectivity index (χ1v) is 11.2. The molecular formula is C23H19N3O3S. The van der Waals surface area contributed by atoms with Gasteiger partial charge in [-0.25, -0.2) is 8.42 Å². The average molecular weight is 417 g/mol. The number of hydrogen-bond acceptors (Lipinski definition) is 4. The van der Waals surface area contributed by atoms with Crippen molar-refractivity contribution in [3.05, 3.63) is 83.4 Å². The number of hydrogen-bond donors (Lipinski definition) is 2. The SMILES string of the molecule is O=C(CCN=C1NS(=O)(=O)c2ccccc21)Nc1ccc2c(c1)Cc1ccccc1-2. The molecule has 5 rings (SSSR count). The Kier molecular flexibility index (Phi) is 4.40. The summed E-state index contributed by atoms with van der Waals surface area (Å²) in [7, 11) is -3.56. The molecule has 1 aliphatic carbocycles. The first kappa shape index (κ1) is 18.6. The van der Waals surface area contributed by atoms with Crippen LogP contribution in [0.5, 0.6) is 0 Å². The number of aliphatic imine (C=N–C) groups is 1. The second-order valence-electron chi connectivity index (χ2n) is 7.34. The molecule has 0 radical (unpaired) electrons. The van der Waals surface area contributed by atoms with Crippen LogP contribution in [0.3, 0.4) is 0 Å². The maximum Gasteiger partial charge on any atom is 0.263 e. The Morgan fingerprint density at radius 3 is 2.53 bits per heavy atom. The summed E-state index contributed by atoms with van der Waals surface area (Å²) in [6, 6.07) is 21.0. The Hall–Kier alpha value is -3.45. The summed E-state index contributed by atoms with van der Waals surface area (Å²) in [4.78, 5) is 16.9. The topological polar surface area (TPSA) is 87.6 Å². The van der Waals surface area contributed by atoms with Gasteiger partial charge < -0.3 is 5.32 Å². The standard InChI is InChI=1S/C23H19N3O3S/c27-22(11-12-24-23-20-7-3-4-8-21(20)30(28,29)26-23)25-17-9-10-19-16(14-17)13-15-5-1-2-6-18(15)19/h1-10,14H,11-13H2,(H,24,26)(H,25,27). The van der Waals surface area contributed by atoms with Gasteiger partial charge in [0.15, 0.2) is 0 Å². The smallest absolute Gasteiger partial charge is 0.263 e. The first-order valence-electron chi connectivity index (χ1n) is 9.69. The van der Waals surface area contributed by atoms with Gasteiger partial charge in [-0.05, 0) is 52.9 Å². The molecular weight excluding hydrogens is 398 g/mol. The summed E-state index contributed by atoms with van der Waals surface area (Å²) in [6.07, 6.45) is 1.02. The highest BCUT2D eigenvalue weighted by Gasteiger charge is 2.30. The van der Waals surface area contributed by atoms with E-state index in [0.29, 0.717) is 5.56 Å². The number of rotatable bonds is 4.